The molecular formula is C16H19FN4O3. The van der Waals surface area contributed by atoms with Crippen LogP contribution in [0, 0.1) is 15.9 Å². The summed E-state index contributed by atoms with van der Waals surface area (Å²) in [6.45, 7) is 3.33. The molecule has 0 saturated carbocycles. The standard InChI is InChI=1S/C16H19FN4O3/c1-11-16-6-13(17)3-2-12(16)4-5-19(11)9-15(22)10-20-8-14(7-18-20)21(23)24/h2-3,6-8,11,15,22H,4-5,9-10H2,1H3. The number of nitrogens with zero attached hydrogens (tertiary/aromatic N) is 4. The average molecular weight is 334 g/mol. The summed E-state index contributed by atoms with van der Waals surface area (Å²) in [5.41, 5.74) is 1.98. The van der Waals surface area contributed by atoms with Crippen molar-refractivity contribution in [3.63, 3.8) is 0 Å². The smallest absolute Gasteiger partial charge is 0.306 e. The van der Waals surface area contributed by atoms with Crippen LogP contribution in [0.2, 0.25) is 0 Å². The molecule has 0 fully saturated rings. The van der Waals surface area contributed by atoms with E-state index in [1.165, 1.54) is 16.9 Å². The first-order chi connectivity index (χ1) is 11.4. The van der Waals surface area contributed by atoms with E-state index in [0.29, 0.717) is 6.54 Å². The number of hydrogen-bond acceptors (Lipinski definition) is 5. The number of hydrogen-bond donors (Lipinski definition) is 1. The Balaban J connectivity index is 1.64. The summed E-state index contributed by atoms with van der Waals surface area (Å²) < 4.78 is 14.8. The molecule has 0 aliphatic carbocycles. The highest BCUT2D eigenvalue weighted by Crippen LogP contribution is 2.30. The van der Waals surface area contributed by atoms with Gasteiger partial charge in [-0.25, -0.2) is 4.39 Å². The van der Waals surface area contributed by atoms with Crippen molar-refractivity contribution in [2.24, 2.45) is 0 Å². The second kappa shape index (κ2) is 6.66. The van der Waals surface area contributed by atoms with E-state index in [4.69, 9.17) is 0 Å². The van der Waals surface area contributed by atoms with E-state index < -0.39 is 11.0 Å². The van der Waals surface area contributed by atoms with Gasteiger partial charge in [0.2, 0.25) is 0 Å². The highest BCUT2D eigenvalue weighted by Gasteiger charge is 2.26. The van der Waals surface area contributed by atoms with Crippen molar-refractivity contribution in [3.05, 3.63) is 57.7 Å². The van der Waals surface area contributed by atoms with E-state index in [1.807, 2.05) is 13.0 Å². The minimum atomic E-state index is -0.720. The number of nitro groups is 1. The van der Waals surface area contributed by atoms with E-state index in [2.05, 4.69) is 10.00 Å². The first kappa shape index (κ1) is 16.5. The molecule has 1 aliphatic heterocycles. The topological polar surface area (TPSA) is 84.4 Å². The fraction of sp³-hybridized carbons (Fsp3) is 0.438. The molecule has 0 spiro atoms. The van der Waals surface area contributed by atoms with Gasteiger partial charge in [0.1, 0.15) is 18.2 Å². The molecule has 128 valence electrons. The summed E-state index contributed by atoms with van der Waals surface area (Å²) in [5, 5.41) is 24.8. The van der Waals surface area contributed by atoms with Crippen LogP contribution in [0.5, 0.6) is 0 Å². The van der Waals surface area contributed by atoms with E-state index in [0.717, 1.165) is 30.3 Å². The zero-order valence-electron chi connectivity index (χ0n) is 13.3. The summed E-state index contributed by atoms with van der Waals surface area (Å²) in [6, 6.07) is 4.85. The van der Waals surface area contributed by atoms with Crippen molar-refractivity contribution >= 4 is 5.69 Å². The molecule has 1 N–H and O–H groups in total. The zero-order valence-corrected chi connectivity index (χ0v) is 13.3. The molecule has 8 heteroatoms. The van der Waals surface area contributed by atoms with Crippen LogP contribution < -0.4 is 0 Å². The highest BCUT2D eigenvalue weighted by molar-refractivity contribution is 5.32. The molecule has 2 heterocycles. The lowest BCUT2D eigenvalue weighted by Gasteiger charge is -2.36. The maximum atomic E-state index is 13.5. The summed E-state index contributed by atoms with van der Waals surface area (Å²) in [7, 11) is 0. The summed E-state index contributed by atoms with van der Waals surface area (Å²) in [6.07, 6.45) is 2.55. The SMILES string of the molecule is CC1c2cc(F)ccc2CCN1CC(O)Cn1cc([N+](=O)[O-])cn1. The van der Waals surface area contributed by atoms with Crippen molar-refractivity contribution < 1.29 is 14.4 Å². The lowest BCUT2D eigenvalue weighted by atomic mass is 9.93. The number of aliphatic hydroxyl groups excluding tert-OH is 1. The molecule has 7 nitrogen and oxygen atoms in total. The Morgan fingerprint density at radius 2 is 2.29 bits per heavy atom. The Morgan fingerprint density at radius 3 is 3.00 bits per heavy atom. The van der Waals surface area contributed by atoms with Crippen molar-refractivity contribution in [3.8, 4) is 0 Å². The Morgan fingerprint density at radius 1 is 1.50 bits per heavy atom. The summed E-state index contributed by atoms with van der Waals surface area (Å²) >= 11 is 0. The fourth-order valence-corrected chi connectivity index (χ4v) is 3.18. The second-order valence-electron chi connectivity index (χ2n) is 6.10. The minimum absolute atomic E-state index is 0.00561. The number of β-amino-alcohol motifs (C(OH)–C–C–N with tert-alkyl or cyclic N) is 1. The van der Waals surface area contributed by atoms with Crippen molar-refractivity contribution in [2.45, 2.75) is 32.0 Å². The third-order valence-electron chi connectivity index (χ3n) is 4.45. The number of fused-ring (bicyclic) bond motifs is 1. The van der Waals surface area contributed by atoms with Gasteiger partial charge in [0, 0.05) is 19.1 Å². The van der Waals surface area contributed by atoms with E-state index in [-0.39, 0.29) is 24.1 Å². The largest absolute Gasteiger partial charge is 0.390 e. The first-order valence-electron chi connectivity index (χ1n) is 7.81. The lowest BCUT2D eigenvalue weighted by Crippen LogP contribution is -2.40. The van der Waals surface area contributed by atoms with E-state index in [9.17, 15) is 19.6 Å². The molecule has 0 radical (unpaired) electrons. The highest BCUT2D eigenvalue weighted by atomic mass is 19.1. The van der Waals surface area contributed by atoms with Gasteiger partial charge in [-0.1, -0.05) is 6.07 Å². The van der Waals surface area contributed by atoms with Crippen LogP contribution in [0.4, 0.5) is 10.1 Å². The molecular weight excluding hydrogens is 315 g/mol. The van der Waals surface area contributed by atoms with Gasteiger partial charge in [0.15, 0.2) is 0 Å². The monoisotopic (exact) mass is 334 g/mol. The Bertz CT molecular complexity index is 749. The quantitative estimate of drug-likeness (QED) is 0.667. The molecule has 3 rings (SSSR count). The maximum Gasteiger partial charge on any atom is 0.306 e. The van der Waals surface area contributed by atoms with Gasteiger partial charge in [0.05, 0.1) is 17.6 Å². The van der Waals surface area contributed by atoms with E-state index >= 15 is 0 Å². The average Bonchev–Trinajstić information content (AvgIpc) is 2.99. The minimum Gasteiger partial charge on any atom is -0.390 e. The molecule has 2 unspecified atom stereocenters. The first-order valence-corrected chi connectivity index (χ1v) is 7.81. The van der Waals surface area contributed by atoms with Gasteiger partial charge in [-0.2, -0.15) is 5.10 Å². The lowest BCUT2D eigenvalue weighted by molar-refractivity contribution is -0.385. The zero-order chi connectivity index (χ0) is 17.3. The van der Waals surface area contributed by atoms with Gasteiger partial charge < -0.3 is 5.11 Å². The Hall–Kier alpha value is -2.32. The molecule has 24 heavy (non-hydrogen) atoms. The predicted octanol–water partition coefficient (Wildman–Crippen LogP) is 1.91. The van der Waals surface area contributed by atoms with Crippen molar-refractivity contribution in [1.29, 1.82) is 0 Å². The molecule has 2 aromatic rings. The summed E-state index contributed by atoms with van der Waals surface area (Å²) in [5.74, 6) is -0.258. The van der Waals surface area contributed by atoms with E-state index in [1.54, 1.807) is 6.07 Å². The molecule has 1 aromatic heterocycles. The van der Waals surface area contributed by atoms with Gasteiger partial charge in [-0.15, -0.1) is 0 Å². The third-order valence-corrected chi connectivity index (χ3v) is 4.45. The number of benzene rings is 1. The molecule has 0 saturated heterocycles. The van der Waals surface area contributed by atoms with Crippen LogP contribution in [-0.4, -0.2) is 43.9 Å². The molecule has 1 aliphatic rings. The van der Waals surface area contributed by atoms with Gasteiger partial charge in [-0.3, -0.25) is 19.7 Å². The van der Waals surface area contributed by atoms with Crippen molar-refractivity contribution in [1.82, 2.24) is 14.7 Å². The molecule has 2 atom stereocenters. The van der Waals surface area contributed by atoms with Crippen molar-refractivity contribution in [2.75, 3.05) is 13.1 Å². The summed E-state index contributed by atoms with van der Waals surface area (Å²) in [4.78, 5) is 12.2. The predicted molar refractivity (Wildman–Crippen MR) is 85.0 cm³/mol. The van der Waals surface area contributed by atoms with Crippen LogP contribution in [-0.2, 0) is 13.0 Å². The number of aromatic nitrogens is 2. The molecule has 1 aromatic carbocycles. The molecule has 0 bridgehead atoms. The second-order valence-corrected chi connectivity index (χ2v) is 6.10. The van der Waals surface area contributed by atoms with Crippen LogP contribution in [0.25, 0.3) is 0 Å². The van der Waals surface area contributed by atoms with Gasteiger partial charge in [0.25, 0.3) is 0 Å². The van der Waals surface area contributed by atoms with Crippen LogP contribution in [0.3, 0.4) is 0 Å². The van der Waals surface area contributed by atoms with Gasteiger partial charge in [-0.05, 0) is 36.6 Å². The number of halogens is 1. The Kier molecular flexibility index (Phi) is 4.59. The van der Waals surface area contributed by atoms with Crippen LogP contribution in [0.15, 0.2) is 30.6 Å². The van der Waals surface area contributed by atoms with Crippen LogP contribution >= 0.6 is 0 Å². The third kappa shape index (κ3) is 3.44. The Labute approximate surface area is 138 Å². The van der Waals surface area contributed by atoms with Crippen LogP contribution in [0.1, 0.15) is 24.1 Å². The fourth-order valence-electron chi connectivity index (χ4n) is 3.18. The number of rotatable bonds is 5. The number of aliphatic hydroxyl groups is 1. The maximum absolute atomic E-state index is 13.5. The normalized spacial score (nSPS) is 19.0. The van der Waals surface area contributed by atoms with Gasteiger partial charge >= 0.3 is 5.69 Å². The molecule has 0 amide bonds.